The number of nitrogens with two attached hydrogens (primary N) is 1. The molecule has 2 aromatic carbocycles. The van der Waals surface area contributed by atoms with Crippen molar-refractivity contribution in [3.05, 3.63) is 67.9 Å². The summed E-state index contributed by atoms with van der Waals surface area (Å²) in [4.78, 5) is 50.6. The molecule has 36 heavy (non-hydrogen) atoms. The SMILES string of the molecule is CCOc1cc(-c2c(C(=O)O)c(N)[nH]c(=O)c2C(=O)O)c(Br)cc1OCC(=O)Nc1ccc(C)cc1. The van der Waals surface area contributed by atoms with E-state index in [2.05, 4.69) is 26.2 Å². The van der Waals surface area contributed by atoms with Crippen molar-refractivity contribution in [2.24, 2.45) is 0 Å². The van der Waals surface area contributed by atoms with E-state index in [4.69, 9.17) is 15.2 Å². The van der Waals surface area contributed by atoms with E-state index >= 15 is 0 Å². The van der Waals surface area contributed by atoms with Crippen LogP contribution in [0.1, 0.15) is 33.2 Å². The number of hydrogen-bond donors (Lipinski definition) is 5. The number of ether oxygens (including phenoxy) is 2. The molecule has 188 valence electrons. The lowest BCUT2D eigenvalue weighted by atomic mass is 9.95. The van der Waals surface area contributed by atoms with Gasteiger partial charge >= 0.3 is 11.9 Å². The highest BCUT2D eigenvalue weighted by Gasteiger charge is 2.29. The van der Waals surface area contributed by atoms with Gasteiger partial charge < -0.3 is 35.7 Å². The van der Waals surface area contributed by atoms with Gasteiger partial charge in [0.25, 0.3) is 11.5 Å². The molecule has 0 aliphatic heterocycles. The van der Waals surface area contributed by atoms with Gasteiger partial charge in [-0.15, -0.1) is 0 Å². The molecular formula is C24H22BrN3O8. The number of carboxylic acids is 2. The molecule has 1 aromatic heterocycles. The van der Waals surface area contributed by atoms with Crippen LogP contribution in [-0.2, 0) is 4.79 Å². The molecule has 12 heteroatoms. The van der Waals surface area contributed by atoms with Crippen LogP contribution in [0.25, 0.3) is 11.1 Å². The Bertz CT molecular complexity index is 1400. The van der Waals surface area contributed by atoms with Gasteiger partial charge in [-0.2, -0.15) is 0 Å². The minimum Gasteiger partial charge on any atom is -0.490 e. The number of H-pyrrole nitrogens is 1. The molecule has 1 amide bonds. The Labute approximate surface area is 213 Å². The molecule has 0 saturated heterocycles. The van der Waals surface area contributed by atoms with Gasteiger partial charge in [0, 0.05) is 21.3 Å². The predicted molar refractivity (Wildman–Crippen MR) is 135 cm³/mol. The second kappa shape index (κ2) is 11.0. The van der Waals surface area contributed by atoms with E-state index in [1.165, 1.54) is 12.1 Å². The number of carbonyl (C=O) groups is 3. The number of halogens is 1. The summed E-state index contributed by atoms with van der Waals surface area (Å²) in [6.07, 6.45) is 0. The minimum absolute atomic E-state index is 0.0162. The first-order chi connectivity index (χ1) is 17.0. The molecular weight excluding hydrogens is 538 g/mol. The molecule has 0 radical (unpaired) electrons. The fourth-order valence-corrected chi connectivity index (χ4v) is 3.92. The standard InChI is InChI=1S/C24H22BrN3O8/c1-3-35-15-8-13(18-19(23(31)32)21(26)28-22(30)20(18)24(33)34)14(25)9-16(15)36-10-17(29)27-12-6-4-11(2)5-7-12/h4-9H,3,10H2,1-2H3,(H,27,29)(H,31,32)(H,33,34)(H3,26,28,30). The number of aryl methyl sites for hydroxylation is 1. The van der Waals surface area contributed by atoms with Crippen LogP contribution in [0.4, 0.5) is 11.5 Å². The number of carboxylic acid groups (broad SMARTS) is 2. The number of benzene rings is 2. The Morgan fingerprint density at radius 3 is 2.22 bits per heavy atom. The summed E-state index contributed by atoms with van der Waals surface area (Å²) < 4.78 is 11.4. The number of pyridine rings is 1. The number of rotatable bonds is 9. The summed E-state index contributed by atoms with van der Waals surface area (Å²) in [5, 5.41) is 22.0. The largest absolute Gasteiger partial charge is 0.490 e. The Kier molecular flexibility index (Phi) is 8.00. The van der Waals surface area contributed by atoms with Crippen LogP contribution in [0.5, 0.6) is 11.5 Å². The molecule has 11 nitrogen and oxygen atoms in total. The van der Waals surface area contributed by atoms with E-state index in [9.17, 15) is 29.4 Å². The summed E-state index contributed by atoms with van der Waals surface area (Å²) in [6.45, 7) is 3.40. The summed E-state index contributed by atoms with van der Waals surface area (Å²) in [6, 6.07) is 9.88. The molecule has 3 aromatic rings. The summed E-state index contributed by atoms with van der Waals surface area (Å²) >= 11 is 3.28. The fraction of sp³-hybridized carbons (Fsp3) is 0.167. The molecule has 0 saturated carbocycles. The zero-order chi connectivity index (χ0) is 26.6. The Hall–Kier alpha value is -4.32. The number of carbonyl (C=O) groups excluding carboxylic acids is 1. The van der Waals surface area contributed by atoms with E-state index in [1.54, 1.807) is 19.1 Å². The van der Waals surface area contributed by atoms with E-state index in [0.717, 1.165) is 5.56 Å². The van der Waals surface area contributed by atoms with Gasteiger partial charge in [-0.05, 0) is 38.1 Å². The van der Waals surface area contributed by atoms with Crippen molar-refractivity contribution < 1.29 is 34.1 Å². The van der Waals surface area contributed by atoms with Gasteiger partial charge in [-0.25, -0.2) is 9.59 Å². The maximum atomic E-state index is 12.4. The first-order valence-electron chi connectivity index (χ1n) is 10.5. The van der Waals surface area contributed by atoms with Gasteiger partial charge in [-0.1, -0.05) is 33.6 Å². The van der Waals surface area contributed by atoms with E-state index in [0.29, 0.717) is 5.69 Å². The average molecular weight is 560 g/mol. The van der Waals surface area contributed by atoms with Crippen LogP contribution >= 0.6 is 15.9 Å². The molecule has 0 aliphatic rings. The highest BCUT2D eigenvalue weighted by molar-refractivity contribution is 9.10. The third kappa shape index (κ3) is 5.66. The van der Waals surface area contributed by atoms with E-state index in [1.807, 2.05) is 19.1 Å². The average Bonchev–Trinajstić information content (AvgIpc) is 2.79. The molecule has 0 bridgehead atoms. The molecule has 0 unspecified atom stereocenters. The number of hydrogen-bond acceptors (Lipinski definition) is 7. The summed E-state index contributed by atoms with van der Waals surface area (Å²) in [7, 11) is 0. The van der Waals surface area contributed by atoms with Crippen molar-refractivity contribution in [3.63, 3.8) is 0 Å². The second-order valence-corrected chi connectivity index (χ2v) is 8.37. The van der Waals surface area contributed by atoms with Crippen molar-refractivity contribution >= 4 is 45.3 Å². The van der Waals surface area contributed by atoms with Crippen LogP contribution in [0.3, 0.4) is 0 Å². The lowest BCUT2D eigenvalue weighted by Gasteiger charge is -2.17. The number of amides is 1. The van der Waals surface area contributed by atoms with Gasteiger partial charge in [0.1, 0.15) is 16.9 Å². The molecule has 3 rings (SSSR count). The van der Waals surface area contributed by atoms with Crippen LogP contribution in [-0.4, -0.2) is 46.3 Å². The van der Waals surface area contributed by atoms with E-state index < -0.39 is 45.9 Å². The molecule has 0 aliphatic carbocycles. The number of nitrogen functional groups attached to an aromatic ring is 1. The minimum atomic E-state index is -1.65. The van der Waals surface area contributed by atoms with Crippen molar-refractivity contribution in [3.8, 4) is 22.6 Å². The van der Waals surface area contributed by atoms with Gasteiger partial charge in [0.05, 0.1) is 6.61 Å². The van der Waals surface area contributed by atoms with E-state index in [-0.39, 0.29) is 34.7 Å². The third-order valence-corrected chi connectivity index (χ3v) is 5.63. The van der Waals surface area contributed by atoms with Gasteiger partial charge in [-0.3, -0.25) is 9.59 Å². The first kappa shape index (κ1) is 26.3. The number of aromatic nitrogens is 1. The monoisotopic (exact) mass is 559 g/mol. The topological polar surface area (TPSA) is 181 Å². The van der Waals surface area contributed by atoms with Crippen LogP contribution in [0.15, 0.2) is 45.7 Å². The highest BCUT2D eigenvalue weighted by atomic mass is 79.9. The second-order valence-electron chi connectivity index (χ2n) is 7.52. The Balaban J connectivity index is 2.03. The van der Waals surface area contributed by atoms with Crippen LogP contribution < -0.4 is 26.1 Å². The fourth-order valence-electron chi connectivity index (χ4n) is 3.40. The molecule has 6 N–H and O–H groups in total. The maximum absolute atomic E-state index is 12.4. The Morgan fingerprint density at radius 2 is 1.64 bits per heavy atom. The van der Waals surface area contributed by atoms with Crippen molar-refractivity contribution in [2.75, 3.05) is 24.3 Å². The van der Waals surface area contributed by atoms with Gasteiger partial charge in [0.2, 0.25) is 0 Å². The zero-order valence-corrected chi connectivity index (χ0v) is 20.8. The third-order valence-electron chi connectivity index (χ3n) is 4.97. The quantitative estimate of drug-likeness (QED) is 0.262. The van der Waals surface area contributed by atoms with Crippen molar-refractivity contribution in [1.82, 2.24) is 4.98 Å². The number of aromatic amines is 1. The highest BCUT2D eigenvalue weighted by Crippen LogP contribution is 2.41. The zero-order valence-electron chi connectivity index (χ0n) is 19.2. The van der Waals surface area contributed by atoms with Crippen molar-refractivity contribution in [1.29, 1.82) is 0 Å². The number of anilines is 2. The van der Waals surface area contributed by atoms with Gasteiger partial charge in [0.15, 0.2) is 18.1 Å². The molecule has 0 fully saturated rings. The van der Waals surface area contributed by atoms with Crippen LogP contribution in [0.2, 0.25) is 0 Å². The molecule has 0 atom stereocenters. The maximum Gasteiger partial charge on any atom is 0.342 e. The number of aromatic carboxylic acids is 2. The lowest BCUT2D eigenvalue weighted by Crippen LogP contribution is -2.24. The number of nitrogens with one attached hydrogen (secondary N) is 2. The summed E-state index contributed by atoms with van der Waals surface area (Å²) in [5.41, 5.74) is 4.47. The van der Waals surface area contributed by atoms with Crippen LogP contribution in [0, 0.1) is 6.92 Å². The molecule has 0 spiro atoms. The smallest absolute Gasteiger partial charge is 0.342 e. The predicted octanol–water partition coefficient (Wildman–Crippen LogP) is 3.51. The summed E-state index contributed by atoms with van der Waals surface area (Å²) in [5.74, 6) is -3.93. The lowest BCUT2D eigenvalue weighted by molar-refractivity contribution is -0.118. The normalized spacial score (nSPS) is 10.5. The first-order valence-corrected chi connectivity index (χ1v) is 11.3. The van der Waals surface area contributed by atoms with Crippen molar-refractivity contribution in [2.45, 2.75) is 13.8 Å². The molecule has 1 heterocycles. The Morgan fingerprint density at radius 1 is 1.03 bits per heavy atom.